The van der Waals surface area contributed by atoms with Crippen LogP contribution in [0.3, 0.4) is 0 Å². The first kappa shape index (κ1) is 24.4. The van der Waals surface area contributed by atoms with Crippen molar-refractivity contribution in [1.82, 2.24) is 15.2 Å². The zero-order chi connectivity index (χ0) is 18.5. The van der Waals surface area contributed by atoms with Gasteiger partial charge in [-0.05, 0) is 19.8 Å². The molecule has 1 fully saturated rings. The van der Waals surface area contributed by atoms with Gasteiger partial charge in [-0.3, -0.25) is 9.59 Å². The summed E-state index contributed by atoms with van der Waals surface area (Å²) in [6.45, 7) is 3.91. The average Bonchev–Trinajstić information content (AvgIpc) is 3.08. The molecule has 6 nitrogen and oxygen atoms in total. The first-order chi connectivity index (χ1) is 12.6. The Morgan fingerprint density at radius 2 is 2.00 bits per heavy atom. The van der Waals surface area contributed by atoms with Crippen LogP contribution in [-0.2, 0) is 4.79 Å². The lowest BCUT2D eigenvalue weighted by molar-refractivity contribution is -0.126. The fourth-order valence-corrected chi connectivity index (χ4v) is 4.13. The van der Waals surface area contributed by atoms with Crippen LogP contribution in [0.5, 0.6) is 0 Å². The Morgan fingerprint density at radius 3 is 2.68 bits per heavy atom. The van der Waals surface area contributed by atoms with Crippen molar-refractivity contribution in [2.24, 2.45) is 11.7 Å². The van der Waals surface area contributed by atoms with E-state index in [9.17, 15) is 9.59 Å². The van der Waals surface area contributed by atoms with Crippen LogP contribution in [0.15, 0.2) is 30.3 Å². The number of hydrogen-bond acceptors (Lipinski definition) is 5. The lowest BCUT2D eigenvalue weighted by Gasteiger charge is -2.32. The summed E-state index contributed by atoms with van der Waals surface area (Å²) in [5, 5.41) is 3.69. The number of amides is 2. The maximum Gasteiger partial charge on any atom is 0.266 e. The monoisotopic (exact) mass is 444 g/mol. The fraction of sp³-hybridized carbons (Fsp3) is 0.421. The van der Waals surface area contributed by atoms with Crippen LogP contribution in [-0.4, -0.2) is 47.9 Å². The minimum atomic E-state index is -0.173. The number of carbonyl (C=O) groups excluding carboxylic acids is 2. The molecule has 2 aromatic rings. The molecule has 154 valence electrons. The smallest absolute Gasteiger partial charge is 0.266 e. The van der Waals surface area contributed by atoms with Crippen LogP contribution in [0.4, 0.5) is 0 Å². The fourth-order valence-electron chi connectivity index (χ4n) is 3.22. The summed E-state index contributed by atoms with van der Waals surface area (Å²) in [4.78, 5) is 32.4. The molecule has 0 saturated carbocycles. The molecule has 0 aliphatic carbocycles. The highest BCUT2D eigenvalue weighted by atomic mass is 35.5. The minimum Gasteiger partial charge on any atom is -0.355 e. The van der Waals surface area contributed by atoms with Gasteiger partial charge in [0.15, 0.2) is 0 Å². The third-order valence-corrected chi connectivity index (χ3v) is 5.46. The van der Waals surface area contributed by atoms with E-state index in [2.05, 4.69) is 10.3 Å². The molecule has 3 N–H and O–H groups in total. The maximum absolute atomic E-state index is 13.1. The van der Waals surface area contributed by atoms with Crippen LogP contribution in [0.25, 0.3) is 11.3 Å². The van der Waals surface area contributed by atoms with Gasteiger partial charge in [0, 0.05) is 31.7 Å². The van der Waals surface area contributed by atoms with Gasteiger partial charge in [-0.15, -0.1) is 36.2 Å². The molecule has 0 spiro atoms. The molecule has 1 aliphatic heterocycles. The number of nitrogens with two attached hydrogens (primary N) is 1. The zero-order valence-electron chi connectivity index (χ0n) is 15.7. The number of likely N-dealkylation sites (tertiary alicyclic amines) is 1. The van der Waals surface area contributed by atoms with Gasteiger partial charge >= 0.3 is 0 Å². The quantitative estimate of drug-likeness (QED) is 0.741. The van der Waals surface area contributed by atoms with Crippen LogP contribution in [0, 0.1) is 12.8 Å². The first-order valence-corrected chi connectivity index (χ1v) is 9.71. The van der Waals surface area contributed by atoms with Gasteiger partial charge < -0.3 is 16.0 Å². The molecule has 28 heavy (non-hydrogen) atoms. The third-order valence-electron chi connectivity index (χ3n) is 4.50. The Morgan fingerprint density at radius 1 is 1.29 bits per heavy atom. The number of thiazole rings is 1. The molecule has 1 aliphatic rings. The number of rotatable bonds is 5. The standard InChI is InChI=1S/C19H24N4O2S.2ClH/c1-13-22-16(14-6-3-2-4-7-14)17(26-13)19(25)23-11-5-8-15(12-23)18(24)21-10-9-20;;/h2-4,6-7,15H,5,8-12,20H2,1H3,(H,21,24);2*1H. The van der Waals surface area contributed by atoms with Crippen LogP contribution >= 0.6 is 36.2 Å². The summed E-state index contributed by atoms with van der Waals surface area (Å²) in [5.74, 6) is -0.226. The molecular formula is C19H26Cl2N4O2S. The molecule has 1 saturated heterocycles. The van der Waals surface area contributed by atoms with Crippen molar-refractivity contribution >= 4 is 48.0 Å². The molecule has 0 radical (unpaired) electrons. The summed E-state index contributed by atoms with van der Waals surface area (Å²) in [7, 11) is 0. The number of carbonyl (C=O) groups is 2. The van der Waals surface area contributed by atoms with Crippen molar-refractivity contribution in [2.75, 3.05) is 26.2 Å². The highest BCUT2D eigenvalue weighted by Gasteiger charge is 2.31. The molecule has 1 unspecified atom stereocenters. The summed E-state index contributed by atoms with van der Waals surface area (Å²) >= 11 is 1.42. The lowest BCUT2D eigenvalue weighted by Crippen LogP contribution is -2.46. The molecule has 2 heterocycles. The lowest BCUT2D eigenvalue weighted by atomic mass is 9.96. The van der Waals surface area contributed by atoms with Crippen molar-refractivity contribution < 1.29 is 9.59 Å². The van der Waals surface area contributed by atoms with Gasteiger partial charge in [-0.2, -0.15) is 0 Å². The van der Waals surface area contributed by atoms with E-state index in [1.807, 2.05) is 37.3 Å². The largest absolute Gasteiger partial charge is 0.355 e. The van der Waals surface area contributed by atoms with Gasteiger partial charge in [0.05, 0.1) is 16.6 Å². The van der Waals surface area contributed by atoms with E-state index < -0.39 is 0 Å². The summed E-state index contributed by atoms with van der Waals surface area (Å²) < 4.78 is 0. The second-order valence-corrected chi connectivity index (χ2v) is 7.65. The summed E-state index contributed by atoms with van der Waals surface area (Å²) in [5.41, 5.74) is 7.12. The van der Waals surface area contributed by atoms with E-state index >= 15 is 0 Å². The Labute approximate surface area is 181 Å². The van der Waals surface area contributed by atoms with Crippen molar-refractivity contribution in [3.8, 4) is 11.3 Å². The number of aromatic nitrogens is 1. The predicted octanol–water partition coefficient (Wildman–Crippen LogP) is 2.89. The predicted molar refractivity (Wildman–Crippen MR) is 117 cm³/mol. The highest BCUT2D eigenvalue weighted by molar-refractivity contribution is 7.14. The average molecular weight is 445 g/mol. The van der Waals surface area contributed by atoms with Crippen LogP contribution in [0.1, 0.15) is 27.5 Å². The molecule has 1 aromatic heterocycles. The third kappa shape index (κ3) is 5.67. The Bertz CT molecular complexity index is 785. The molecule has 0 bridgehead atoms. The van der Waals surface area contributed by atoms with E-state index in [0.29, 0.717) is 31.1 Å². The molecule has 3 rings (SSSR count). The van der Waals surface area contributed by atoms with Crippen molar-refractivity contribution in [2.45, 2.75) is 19.8 Å². The molecular weight excluding hydrogens is 419 g/mol. The Hall–Kier alpha value is -1.67. The number of halogens is 2. The van der Waals surface area contributed by atoms with Gasteiger partial charge in [0.25, 0.3) is 5.91 Å². The van der Waals surface area contributed by atoms with Crippen molar-refractivity contribution in [3.63, 3.8) is 0 Å². The molecule has 9 heteroatoms. The highest BCUT2D eigenvalue weighted by Crippen LogP contribution is 2.30. The zero-order valence-corrected chi connectivity index (χ0v) is 18.2. The SMILES string of the molecule is Cc1nc(-c2ccccc2)c(C(=O)N2CCCC(C(=O)NCCN)C2)s1.Cl.Cl. The Balaban J connectivity index is 0.00000196. The number of benzene rings is 1. The second kappa shape index (κ2) is 11.4. The number of nitrogens with one attached hydrogen (secondary N) is 1. The van der Waals surface area contributed by atoms with Crippen molar-refractivity contribution in [3.05, 3.63) is 40.2 Å². The summed E-state index contributed by atoms with van der Waals surface area (Å²) in [6.07, 6.45) is 1.62. The topological polar surface area (TPSA) is 88.3 Å². The van der Waals surface area contributed by atoms with Gasteiger partial charge in [0.1, 0.15) is 4.88 Å². The van der Waals surface area contributed by atoms with Gasteiger partial charge in [-0.25, -0.2) is 4.98 Å². The van der Waals surface area contributed by atoms with Crippen LogP contribution < -0.4 is 11.1 Å². The normalized spacial score (nSPS) is 15.9. The first-order valence-electron chi connectivity index (χ1n) is 8.90. The molecule has 2 amide bonds. The van der Waals surface area contributed by atoms with Crippen LogP contribution in [0.2, 0.25) is 0 Å². The number of hydrogen-bond donors (Lipinski definition) is 2. The number of nitrogens with zero attached hydrogens (tertiary/aromatic N) is 2. The second-order valence-electron chi connectivity index (χ2n) is 6.45. The number of piperidine rings is 1. The Kier molecular flexibility index (Phi) is 9.89. The van der Waals surface area contributed by atoms with Crippen molar-refractivity contribution in [1.29, 1.82) is 0 Å². The molecule has 1 atom stereocenters. The van der Waals surface area contributed by atoms with E-state index in [0.717, 1.165) is 29.1 Å². The number of aryl methyl sites for hydroxylation is 1. The maximum atomic E-state index is 13.1. The molecule has 1 aromatic carbocycles. The van der Waals surface area contributed by atoms with E-state index in [-0.39, 0.29) is 42.5 Å². The van der Waals surface area contributed by atoms with E-state index in [1.165, 1.54) is 11.3 Å². The van der Waals surface area contributed by atoms with Gasteiger partial charge in [-0.1, -0.05) is 30.3 Å². The van der Waals surface area contributed by atoms with E-state index in [1.54, 1.807) is 4.90 Å². The van der Waals surface area contributed by atoms with Gasteiger partial charge in [0.2, 0.25) is 5.91 Å². The minimum absolute atomic E-state index is 0. The van der Waals surface area contributed by atoms with E-state index in [4.69, 9.17) is 5.73 Å². The summed E-state index contributed by atoms with van der Waals surface area (Å²) in [6, 6.07) is 9.75.